The summed E-state index contributed by atoms with van der Waals surface area (Å²) >= 11 is 1.27. The molecule has 4 nitrogen and oxygen atoms in total. The van der Waals surface area contributed by atoms with Crippen molar-refractivity contribution in [3.8, 4) is 0 Å². The molecule has 0 bridgehead atoms. The van der Waals surface area contributed by atoms with Gasteiger partial charge in [0.2, 0.25) is 0 Å². The summed E-state index contributed by atoms with van der Waals surface area (Å²) in [6.45, 7) is 0.341. The van der Waals surface area contributed by atoms with Crippen molar-refractivity contribution in [3.63, 3.8) is 0 Å². The number of aliphatic carboxylic acids is 1. The van der Waals surface area contributed by atoms with Gasteiger partial charge in [0.05, 0.1) is 6.42 Å². The smallest absolute Gasteiger partial charge is 0.304 e. The molecule has 58 valence electrons. The van der Waals surface area contributed by atoms with Gasteiger partial charge in [0.15, 0.2) is 0 Å². The van der Waals surface area contributed by atoms with Crippen molar-refractivity contribution in [1.82, 2.24) is 0 Å². The molecule has 0 amide bonds. The van der Waals surface area contributed by atoms with E-state index in [2.05, 4.69) is 4.74 Å². The van der Waals surface area contributed by atoms with Crippen LogP contribution in [0.1, 0.15) is 6.42 Å². The molecule has 0 aliphatic carbocycles. The van der Waals surface area contributed by atoms with Crippen LogP contribution in [0.3, 0.4) is 0 Å². The SMILES string of the molecule is O=COCSCCC(=O)O. The lowest BCUT2D eigenvalue weighted by Crippen LogP contribution is -1.97. The second kappa shape index (κ2) is 6.41. The Balaban J connectivity index is 2.90. The van der Waals surface area contributed by atoms with Crippen molar-refractivity contribution in [3.05, 3.63) is 0 Å². The van der Waals surface area contributed by atoms with Crippen LogP contribution in [0.25, 0.3) is 0 Å². The Morgan fingerprint density at radius 2 is 2.40 bits per heavy atom. The van der Waals surface area contributed by atoms with Crippen molar-refractivity contribution in [2.45, 2.75) is 6.42 Å². The standard InChI is InChI=1S/C5H8O4S/c6-3-9-4-10-2-1-5(7)8/h3H,1-2,4H2,(H,7,8). The van der Waals surface area contributed by atoms with Crippen LogP contribution in [0.4, 0.5) is 0 Å². The van der Waals surface area contributed by atoms with E-state index in [-0.39, 0.29) is 12.4 Å². The van der Waals surface area contributed by atoms with Gasteiger partial charge in [-0.25, -0.2) is 0 Å². The Hall–Kier alpha value is -0.710. The molecule has 10 heavy (non-hydrogen) atoms. The molecule has 0 aliphatic heterocycles. The average molecular weight is 164 g/mol. The molecule has 0 unspecified atom stereocenters. The Labute approximate surface area is 62.6 Å². The molecule has 1 N–H and O–H groups in total. The summed E-state index contributed by atoms with van der Waals surface area (Å²) < 4.78 is 4.30. The Morgan fingerprint density at radius 3 is 2.90 bits per heavy atom. The van der Waals surface area contributed by atoms with E-state index in [1.165, 1.54) is 11.8 Å². The third-order valence-corrected chi connectivity index (χ3v) is 1.48. The predicted molar refractivity (Wildman–Crippen MR) is 36.7 cm³/mol. The zero-order valence-corrected chi connectivity index (χ0v) is 6.10. The van der Waals surface area contributed by atoms with Gasteiger partial charge in [-0.3, -0.25) is 9.59 Å². The molecule has 0 fully saturated rings. The number of ether oxygens (including phenoxy) is 1. The van der Waals surface area contributed by atoms with Crippen LogP contribution >= 0.6 is 11.8 Å². The second-order valence-electron chi connectivity index (χ2n) is 1.43. The summed E-state index contributed by atoms with van der Waals surface area (Å²) in [5.41, 5.74) is 0. The van der Waals surface area contributed by atoms with Crippen LogP contribution in [-0.2, 0) is 14.3 Å². The molecule has 0 aliphatic rings. The lowest BCUT2D eigenvalue weighted by Gasteiger charge is -1.95. The Morgan fingerprint density at radius 1 is 1.70 bits per heavy atom. The van der Waals surface area contributed by atoms with Gasteiger partial charge in [-0.2, -0.15) is 0 Å². The first-order valence-corrected chi connectivity index (χ1v) is 3.77. The van der Waals surface area contributed by atoms with Gasteiger partial charge in [0, 0.05) is 5.75 Å². The summed E-state index contributed by atoms with van der Waals surface area (Å²) in [7, 11) is 0. The summed E-state index contributed by atoms with van der Waals surface area (Å²) in [5.74, 6) is -0.126. The molecule has 0 aromatic heterocycles. The summed E-state index contributed by atoms with van der Waals surface area (Å²) in [5, 5.41) is 8.15. The van der Waals surface area contributed by atoms with E-state index in [1.54, 1.807) is 0 Å². The quantitative estimate of drug-likeness (QED) is 0.348. The highest BCUT2D eigenvalue weighted by Crippen LogP contribution is 2.00. The van der Waals surface area contributed by atoms with Crippen LogP contribution in [0.2, 0.25) is 0 Å². The van der Waals surface area contributed by atoms with Gasteiger partial charge < -0.3 is 9.84 Å². The number of hydrogen-bond donors (Lipinski definition) is 1. The monoisotopic (exact) mass is 164 g/mol. The molecule has 5 heteroatoms. The van der Waals surface area contributed by atoms with Gasteiger partial charge in [0.1, 0.15) is 5.94 Å². The van der Waals surface area contributed by atoms with E-state index in [0.29, 0.717) is 12.2 Å². The minimum atomic E-state index is -0.835. The fourth-order valence-electron chi connectivity index (χ4n) is 0.294. The van der Waals surface area contributed by atoms with E-state index >= 15 is 0 Å². The zero-order chi connectivity index (χ0) is 7.82. The maximum absolute atomic E-state index is 9.91. The van der Waals surface area contributed by atoms with E-state index in [9.17, 15) is 9.59 Å². The topological polar surface area (TPSA) is 63.6 Å². The molecular formula is C5H8O4S. The van der Waals surface area contributed by atoms with Crippen molar-refractivity contribution >= 4 is 24.2 Å². The molecule has 0 heterocycles. The third kappa shape index (κ3) is 7.29. The highest BCUT2D eigenvalue weighted by Gasteiger charge is 1.95. The van der Waals surface area contributed by atoms with Crippen molar-refractivity contribution in [1.29, 1.82) is 0 Å². The summed E-state index contributed by atoms with van der Waals surface area (Å²) in [4.78, 5) is 19.5. The van der Waals surface area contributed by atoms with Gasteiger partial charge >= 0.3 is 5.97 Å². The second-order valence-corrected chi connectivity index (χ2v) is 2.48. The fraction of sp³-hybridized carbons (Fsp3) is 0.600. The van der Waals surface area contributed by atoms with Gasteiger partial charge in [-0.15, -0.1) is 11.8 Å². The third-order valence-electron chi connectivity index (χ3n) is 0.680. The van der Waals surface area contributed by atoms with Crippen LogP contribution in [0, 0.1) is 0 Å². The number of hydrogen-bond acceptors (Lipinski definition) is 4. The van der Waals surface area contributed by atoms with E-state index < -0.39 is 5.97 Å². The van der Waals surface area contributed by atoms with Gasteiger partial charge in [-0.1, -0.05) is 0 Å². The largest absolute Gasteiger partial charge is 0.481 e. The first-order chi connectivity index (χ1) is 4.77. The minimum absolute atomic E-state index is 0.104. The van der Waals surface area contributed by atoms with E-state index in [1.807, 2.05) is 0 Å². The molecule has 0 saturated carbocycles. The molecule has 0 rings (SSSR count). The first kappa shape index (κ1) is 9.29. The van der Waals surface area contributed by atoms with Crippen LogP contribution < -0.4 is 0 Å². The lowest BCUT2D eigenvalue weighted by molar-refractivity contribution is -0.136. The lowest BCUT2D eigenvalue weighted by atomic mass is 10.5. The highest BCUT2D eigenvalue weighted by molar-refractivity contribution is 7.99. The first-order valence-electron chi connectivity index (χ1n) is 2.62. The molecule has 0 saturated heterocycles. The number of thioether (sulfide) groups is 1. The van der Waals surface area contributed by atoms with Crippen LogP contribution in [0.15, 0.2) is 0 Å². The van der Waals surface area contributed by atoms with Crippen LogP contribution in [0.5, 0.6) is 0 Å². The normalized spacial score (nSPS) is 8.80. The molecule has 0 atom stereocenters. The number of carboxylic acid groups (broad SMARTS) is 1. The Kier molecular flexibility index (Phi) is 5.96. The summed E-state index contributed by atoms with van der Waals surface area (Å²) in [6.07, 6.45) is 0.104. The number of carbonyl (C=O) groups excluding carboxylic acids is 1. The number of rotatable bonds is 6. The van der Waals surface area contributed by atoms with Crippen molar-refractivity contribution in [2.75, 3.05) is 11.7 Å². The van der Waals surface area contributed by atoms with E-state index in [0.717, 1.165) is 0 Å². The summed E-state index contributed by atoms with van der Waals surface area (Å²) in [6, 6.07) is 0. The molecule has 0 spiro atoms. The van der Waals surface area contributed by atoms with Crippen molar-refractivity contribution in [2.24, 2.45) is 0 Å². The Bertz CT molecular complexity index is 114. The number of carboxylic acids is 1. The van der Waals surface area contributed by atoms with Crippen LogP contribution in [-0.4, -0.2) is 29.2 Å². The number of carbonyl (C=O) groups is 2. The fourth-order valence-corrected chi connectivity index (χ4v) is 0.883. The molecule has 0 aromatic rings. The zero-order valence-electron chi connectivity index (χ0n) is 5.28. The van der Waals surface area contributed by atoms with Crippen molar-refractivity contribution < 1.29 is 19.4 Å². The van der Waals surface area contributed by atoms with E-state index in [4.69, 9.17) is 5.11 Å². The minimum Gasteiger partial charge on any atom is -0.481 e. The molecule has 0 aromatic carbocycles. The molecular weight excluding hydrogens is 156 g/mol. The maximum atomic E-state index is 9.91. The average Bonchev–Trinajstić information content (AvgIpc) is 1.87. The van der Waals surface area contributed by atoms with Gasteiger partial charge in [-0.05, 0) is 0 Å². The molecule has 0 radical (unpaired) electrons. The maximum Gasteiger partial charge on any atom is 0.304 e. The highest BCUT2D eigenvalue weighted by atomic mass is 32.2. The predicted octanol–water partition coefficient (Wildman–Crippen LogP) is 0.325. The van der Waals surface area contributed by atoms with Gasteiger partial charge in [0.25, 0.3) is 6.47 Å².